The molecule has 0 aromatic carbocycles. The fourth-order valence-corrected chi connectivity index (χ4v) is 1.46. The zero-order valence-electron chi connectivity index (χ0n) is 10.3. The van der Waals surface area contributed by atoms with Crippen molar-refractivity contribution in [3.05, 3.63) is 12.2 Å². The Hall–Kier alpha value is -0.670. The summed E-state index contributed by atoms with van der Waals surface area (Å²) in [6.07, 6.45) is 10.6. The highest BCUT2D eigenvalue weighted by atomic mass is 16.3. The van der Waals surface area contributed by atoms with Gasteiger partial charge in [-0.1, -0.05) is 38.3 Å². The topological polar surface area (TPSA) is 63.3 Å². The molecule has 3 N–H and O–H groups in total. The largest absolute Gasteiger partial charge is 0.396 e. The van der Waals surface area contributed by atoms with Crippen LogP contribution in [0.25, 0.3) is 0 Å². The summed E-state index contributed by atoms with van der Waals surface area (Å²) in [7, 11) is 0. The van der Waals surface area contributed by atoms with Crippen molar-refractivity contribution in [2.45, 2.75) is 57.9 Å². The molecule has 0 spiro atoms. The number of hydrogen-bond acceptors (Lipinski definition) is 3. The van der Waals surface area contributed by atoms with Gasteiger partial charge in [-0.25, -0.2) is 0 Å². The van der Waals surface area contributed by atoms with Gasteiger partial charge >= 0.3 is 0 Å². The lowest BCUT2D eigenvalue weighted by Crippen LogP contribution is -2.28. The van der Waals surface area contributed by atoms with E-state index >= 15 is 0 Å². The van der Waals surface area contributed by atoms with Crippen molar-refractivity contribution >= 4 is 5.78 Å². The molecule has 1 atom stereocenters. The summed E-state index contributed by atoms with van der Waals surface area (Å²) in [4.78, 5) is 11.4. The molecule has 0 fully saturated rings. The first-order chi connectivity index (χ1) is 7.72. The molecule has 16 heavy (non-hydrogen) atoms. The number of nitrogens with two attached hydrogens (primary N) is 1. The summed E-state index contributed by atoms with van der Waals surface area (Å²) < 4.78 is 0. The summed E-state index contributed by atoms with van der Waals surface area (Å²) in [6.45, 7) is 2.24. The normalized spacial score (nSPS) is 13.2. The first-order valence-electron chi connectivity index (χ1n) is 6.28. The van der Waals surface area contributed by atoms with Crippen LogP contribution in [0.15, 0.2) is 12.2 Å². The second-order valence-corrected chi connectivity index (χ2v) is 4.10. The van der Waals surface area contributed by atoms with Gasteiger partial charge in [-0.2, -0.15) is 0 Å². The van der Waals surface area contributed by atoms with E-state index in [2.05, 4.69) is 6.92 Å². The summed E-state index contributed by atoms with van der Waals surface area (Å²) in [5, 5.41) is 8.58. The Balaban J connectivity index is 3.56. The van der Waals surface area contributed by atoms with Gasteiger partial charge in [-0.3, -0.25) is 4.79 Å². The zero-order valence-corrected chi connectivity index (χ0v) is 10.3. The van der Waals surface area contributed by atoms with E-state index in [4.69, 9.17) is 10.8 Å². The minimum Gasteiger partial charge on any atom is -0.396 e. The number of aliphatic hydroxyl groups excluding tert-OH is 1. The first-order valence-corrected chi connectivity index (χ1v) is 6.28. The maximum Gasteiger partial charge on any atom is 0.153 e. The average Bonchev–Trinajstić information content (AvgIpc) is 2.30. The van der Waals surface area contributed by atoms with Crippen LogP contribution in [-0.4, -0.2) is 23.5 Å². The fraction of sp³-hybridized carbons (Fsp3) is 0.769. The van der Waals surface area contributed by atoms with Gasteiger partial charge < -0.3 is 10.8 Å². The predicted octanol–water partition coefficient (Wildman–Crippen LogP) is 2.18. The Morgan fingerprint density at radius 1 is 1.31 bits per heavy atom. The van der Waals surface area contributed by atoms with Crippen LogP contribution in [-0.2, 0) is 4.79 Å². The van der Waals surface area contributed by atoms with Gasteiger partial charge in [-0.15, -0.1) is 0 Å². The van der Waals surface area contributed by atoms with E-state index < -0.39 is 6.04 Å². The van der Waals surface area contributed by atoms with Gasteiger partial charge in [0.2, 0.25) is 0 Å². The molecule has 94 valence electrons. The number of carbonyl (C=O) groups excluding carboxylic acids is 1. The van der Waals surface area contributed by atoms with Crippen molar-refractivity contribution in [3.8, 4) is 0 Å². The minimum absolute atomic E-state index is 0.0128. The number of carbonyl (C=O) groups is 1. The van der Waals surface area contributed by atoms with Gasteiger partial charge in [0.05, 0.1) is 6.04 Å². The highest BCUT2D eigenvalue weighted by molar-refractivity contribution is 5.85. The minimum atomic E-state index is -0.488. The third-order valence-corrected chi connectivity index (χ3v) is 2.52. The standard InChI is InChI=1S/C13H25NO2/c1-2-3-4-5-6-7-9-12(14)13(16)10-8-11-15/h7,9,12,15H,2-6,8,10-11,14H2,1H3. The second-order valence-electron chi connectivity index (χ2n) is 4.10. The quantitative estimate of drug-likeness (QED) is 0.444. The van der Waals surface area contributed by atoms with Crippen LogP contribution in [0.4, 0.5) is 0 Å². The molecule has 3 heteroatoms. The van der Waals surface area contributed by atoms with E-state index in [1.165, 1.54) is 25.7 Å². The molecule has 0 aliphatic carbocycles. The van der Waals surface area contributed by atoms with Crippen LogP contribution < -0.4 is 5.73 Å². The molecule has 0 radical (unpaired) electrons. The van der Waals surface area contributed by atoms with Crippen molar-refractivity contribution in [1.29, 1.82) is 0 Å². The Morgan fingerprint density at radius 3 is 2.69 bits per heavy atom. The van der Waals surface area contributed by atoms with Crippen molar-refractivity contribution in [2.75, 3.05) is 6.61 Å². The summed E-state index contributed by atoms with van der Waals surface area (Å²) in [5.74, 6) is 0.0128. The Kier molecular flexibility index (Phi) is 10.4. The maximum atomic E-state index is 11.4. The van der Waals surface area contributed by atoms with E-state index in [-0.39, 0.29) is 12.4 Å². The molecule has 0 saturated carbocycles. The molecular weight excluding hydrogens is 202 g/mol. The molecule has 0 heterocycles. The van der Waals surface area contributed by atoms with Gasteiger partial charge in [0, 0.05) is 13.0 Å². The lowest BCUT2D eigenvalue weighted by molar-refractivity contribution is -0.119. The number of ketones is 1. The molecule has 0 amide bonds. The molecule has 3 nitrogen and oxygen atoms in total. The third kappa shape index (κ3) is 8.62. The van der Waals surface area contributed by atoms with Crippen LogP contribution in [0.2, 0.25) is 0 Å². The van der Waals surface area contributed by atoms with E-state index in [1.807, 2.05) is 6.08 Å². The van der Waals surface area contributed by atoms with Crippen LogP contribution in [0, 0.1) is 0 Å². The van der Waals surface area contributed by atoms with Crippen LogP contribution in [0.3, 0.4) is 0 Å². The van der Waals surface area contributed by atoms with Gasteiger partial charge in [0.15, 0.2) is 5.78 Å². The molecule has 0 rings (SSSR count). The fourth-order valence-electron chi connectivity index (χ4n) is 1.46. The summed E-state index contributed by atoms with van der Waals surface area (Å²) >= 11 is 0. The molecule has 0 aliphatic rings. The third-order valence-electron chi connectivity index (χ3n) is 2.52. The van der Waals surface area contributed by atoms with Crippen molar-refractivity contribution in [2.24, 2.45) is 5.73 Å². The van der Waals surface area contributed by atoms with Gasteiger partial charge in [0.1, 0.15) is 0 Å². The molecule has 0 aromatic rings. The Morgan fingerprint density at radius 2 is 2.06 bits per heavy atom. The lowest BCUT2D eigenvalue weighted by atomic mass is 10.1. The number of rotatable bonds is 10. The zero-order chi connectivity index (χ0) is 12.2. The van der Waals surface area contributed by atoms with Crippen LogP contribution in [0.1, 0.15) is 51.9 Å². The summed E-state index contributed by atoms with van der Waals surface area (Å²) in [6, 6.07) is -0.488. The highest BCUT2D eigenvalue weighted by Crippen LogP contribution is 2.03. The summed E-state index contributed by atoms with van der Waals surface area (Å²) in [5.41, 5.74) is 5.68. The smallest absolute Gasteiger partial charge is 0.153 e. The molecule has 0 saturated heterocycles. The lowest BCUT2D eigenvalue weighted by Gasteiger charge is -2.04. The molecule has 0 aromatic heterocycles. The number of allylic oxidation sites excluding steroid dienone is 1. The predicted molar refractivity (Wildman–Crippen MR) is 67.2 cm³/mol. The molecule has 0 bridgehead atoms. The maximum absolute atomic E-state index is 11.4. The number of unbranched alkanes of at least 4 members (excludes halogenated alkanes) is 4. The Labute approximate surface area is 98.7 Å². The number of hydrogen-bond donors (Lipinski definition) is 2. The van der Waals surface area contributed by atoms with Crippen molar-refractivity contribution < 1.29 is 9.90 Å². The number of Topliss-reactive ketones (excluding diaryl/α,β-unsaturated/α-hetero) is 1. The average molecular weight is 227 g/mol. The number of aliphatic hydroxyl groups is 1. The molecule has 1 unspecified atom stereocenters. The monoisotopic (exact) mass is 227 g/mol. The van der Waals surface area contributed by atoms with Crippen LogP contribution in [0.5, 0.6) is 0 Å². The van der Waals surface area contributed by atoms with Crippen LogP contribution >= 0.6 is 0 Å². The molecule has 0 aliphatic heterocycles. The van der Waals surface area contributed by atoms with E-state index in [1.54, 1.807) is 6.08 Å². The van der Waals surface area contributed by atoms with E-state index in [9.17, 15) is 4.79 Å². The SMILES string of the molecule is CCCCCCC=CC(N)C(=O)CCCO. The van der Waals surface area contributed by atoms with Gasteiger partial charge in [0.25, 0.3) is 0 Å². The van der Waals surface area contributed by atoms with E-state index in [0.29, 0.717) is 12.8 Å². The van der Waals surface area contributed by atoms with Crippen molar-refractivity contribution in [3.63, 3.8) is 0 Å². The highest BCUT2D eigenvalue weighted by Gasteiger charge is 2.08. The first kappa shape index (κ1) is 15.3. The van der Waals surface area contributed by atoms with E-state index in [0.717, 1.165) is 6.42 Å². The Bertz CT molecular complexity index is 202. The molecular formula is C13H25NO2. The van der Waals surface area contributed by atoms with Gasteiger partial charge in [-0.05, 0) is 19.3 Å². The second kappa shape index (κ2) is 10.8. The van der Waals surface area contributed by atoms with Crippen molar-refractivity contribution in [1.82, 2.24) is 0 Å².